The van der Waals surface area contributed by atoms with Crippen LogP contribution >= 0.6 is 0 Å². The lowest BCUT2D eigenvalue weighted by molar-refractivity contribution is -0.384. The fourth-order valence-electron chi connectivity index (χ4n) is 1.81. The van der Waals surface area contributed by atoms with E-state index in [2.05, 4.69) is 0 Å². The second-order valence-corrected chi connectivity index (χ2v) is 4.01. The molecule has 4 nitrogen and oxygen atoms in total. The predicted molar refractivity (Wildman–Crippen MR) is 69.8 cm³/mol. The van der Waals surface area contributed by atoms with Crippen LogP contribution in [0.15, 0.2) is 42.5 Å². The van der Waals surface area contributed by atoms with Gasteiger partial charge in [0.2, 0.25) is 0 Å². The highest BCUT2D eigenvalue weighted by Crippen LogP contribution is 2.31. The molecule has 0 aliphatic rings. The van der Waals surface area contributed by atoms with Crippen molar-refractivity contribution in [1.82, 2.24) is 0 Å². The summed E-state index contributed by atoms with van der Waals surface area (Å²) in [6.45, 7) is 1.91. The van der Waals surface area contributed by atoms with Gasteiger partial charge in [0, 0.05) is 6.07 Å². The lowest BCUT2D eigenvalue weighted by atomic mass is 10.0. The summed E-state index contributed by atoms with van der Waals surface area (Å²) in [5.41, 5.74) is 2.55. The molecule has 0 amide bonds. The van der Waals surface area contributed by atoms with E-state index in [9.17, 15) is 10.1 Å². The van der Waals surface area contributed by atoms with E-state index in [-0.39, 0.29) is 10.6 Å². The predicted octanol–water partition coefficient (Wildman–Crippen LogP) is 3.58. The first kappa shape index (κ1) is 12.1. The summed E-state index contributed by atoms with van der Waals surface area (Å²) < 4.78 is 5.07. The van der Waals surface area contributed by atoms with Crippen LogP contribution in [0.2, 0.25) is 0 Å². The summed E-state index contributed by atoms with van der Waals surface area (Å²) in [6, 6.07) is 12.3. The number of nitro benzene ring substituents is 1. The summed E-state index contributed by atoms with van der Waals surface area (Å²) in [5.74, 6) is 0.731. The Morgan fingerprint density at radius 3 is 2.33 bits per heavy atom. The molecule has 4 heteroatoms. The van der Waals surface area contributed by atoms with Crippen molar-refractivity contribution in [2.45, 2.75) is 6.92 Å². The second kappa shape index (κ2) is 4.87. The number of methoxy groups -OCH3 is 1. The van der Waals surface area contributed by atoms with Crippen LogP contribution in [0.5, 0.6) is 5.75 Å². The zero-order valence-corrected chi connectivity index (χ0v) is 10.2. The highest BCUT2D eigenvalue weighted by molar-refractivity contribution is 5.74. The van der Waals surface area contributed by atoms with Crippen molar-refractivity contribution >= 4 is 5.69 Å². The topological polar surface area (TPSA) is 52.4 Å². The van der Waals surface area contributed by atoms with Crippen molar-refractivity contribution in [2.24, 2.45) is 0 Å². The van der Waals surface area contributed by atoms with Gasteiger partial charge < -0.3 is 4.74 Å². The maximum absolute atomic E-state index is 11.0. The fraction of sp³-hybridized carbons (Fsp3) is 0.143. The number of aryl methyl sites for hydroxylation is 1. The minimum absolute atomic E-state index is 0.116. The molecule has 0 saturated heterocycles. The quantitative estimate of drug-likeness (QED) is 0.611. The van der Waals surface area contributed by atoms with Crippen molar-refractivity contribution in [3.8, 4) is 16.9 Å². The molecule has 92 valence electrons. The van der Waals surface area contributed by atoms with Crippen LogP contribution < -0.4 is 4.74 Å². The molecule has 0 unspecified atom stereocenters. The van der Waals surface area contributed by atoms with E-state index < -0.39 is 0 Å². The van der Waals surface area contributed by atoms with Crippen LogP contribution in [0.4, 0.5) is 5.69 Å². The Bertz CT molecular complexity index is 576. The van der Waals surface area contributed by atoms with E-state index in [0.29, 0.717) is 5.56 Å². The maximum atomic E-state index is 11.0. The Balaban J connectivity index is 2.54. The SMILES string of the molecule is COc1ccc(-c2cc(C)ccc2[N+](=O)[O-])cc1. The molecule has 0 heterocycles. The van der Waals surface area contributed by atoms with Gasteiger partial charge in [-0.2, -0.15) is 0 Å². The number of hydrogen-bond acceptors (Lipinski definition) is 3. The molecule has 0 N–H and O–H groups in total. The molecule has 0 aromatic heterocycles. The first-order valence-corrected chi connectivity index (χ1v) is 5.51. The maximum Gasteiger partial charge on any atom is 0.277 e. The van der Waals surface area contributed by atoms with Gasteiger partial charge in [0.15, 0.2) is 0 Å². The van der Waals surface area contributed by atoms with E-state index in [1.54, 1.807) is 25.3 Å². The highest BCUT2D eigenvalue weighted by atomic mass is 16.6. The van der Waals surface area contributed by atoms with Crippen LogP contribution in [0, 0.1) is 17.0 Å². The minimum Gasteiger partial charge on any atom is -0.497 e. The number of rotatable bonds is 3. The van der Waals surface area contributed by atoms with Gasteiger partial charge in [0.1, 0.15) is 5.75 Å². The van der Waals surface area contributed by atoms with Crippen molar-refractivity contribution in [2.75, 3.05) is 7.11 Å². The smallest absolute Gasteiger partial charge is 0.277 e. The van der Waals surface area contributed by atoms with Crippen molar-refractivity contribution in [3.63, 3.8) is 0 Å². The molecule has 0 saturated carbocycles. The molecule has 0 aliphatic carbocycles. The van der Waals surface area contributed by atoms with E-state index in [0.717, 1.165) is 16.9 Å². The van der Waals surface area contributed by atoms with Gasteiger partial charge in [-0.25, -0.2) is 0 Å². The molecule has 18 heavy (non-hydrogen) atoms. The first-order valence-electron chi connectivity index (χ1n) is 5.51. The van der Waals surface area contributed by atoms with Gasteiger partial charge in [-0.05, 0) is 30.7 Å². The normalized spacial score (nSPS) is 10.1. The van der Waals surface area contributed by atoms with E-state index in [4.69, 9.17) is 4.74 Å². The zero-order chi connectivity index (χ0) is 13.1. The zero-order valence-electron chi connectivity index (χ0n) is 10.2. The first-order chi connectivity index (χ1) is 8.61. The molecule has 0 atom stereocenters. The minimum atomic E-state index is -0.362. The van der Waals surface area contributed by atoms with Crippen LogP contribution in [0.25, 0.3) is 11.1 Å². The van der Waals surface area contributed by atoms with E-state index in [1.165, 1.54) is 6.07 Å². The second-order valence-electron chi connectivity index (χ2n) is 4.01. The van der Waals surface area contributed by atoms with Crippen LogP contribution in [-0.4, -0.2) is 12.0 Å². The van der Waals surface area contributed by atoms with Gasteiger partial charge in [-0.15, -0.1) is 0 Å². The Morgan fingerprint density at radius 2 is 1.78 bits per heavy atom. The van der Waals surface area contributed by atoms with E-state index >= 15 is 0 Å². The Labute approximate surface area is 105 Å². The van der Waals surface area contributed by atoms with Crippen molar-refractivity contribution < 1.29 is 9.66 Å². The molecule has 0 bridgehead atoms. The molecule has 0 fully saturated rings. The lowest BCUT2D eigenvalue weighted by Crippen LogP contribution is -1.92. The molecular formula is C14H13NO3. The largest absolute Gasteiger partial charge is 0.497 e. The van der Waals surface area contributed by atoms with Crippen LogP contribution in [-0.2, 0) is 0 Å². The van der Waals surface area contributed by atoms with Crippen molar-refractivity contribution in [1.29, 1.82) is 0 Å². The number of nitrogens with zero attached hydrogens (tertiary/aromatic N) is 1. The van der Waals surface area contributed by atoms with Crippen molar-refractivity contribution in [3.05, 3.63) is 58.1 Å². The molecule has 2 aromatic rings. The van der Waals surface area contributed by atoms with Gasteiger partial charge in [0.25, 0.3) is 5.69 Å². The Hall–Kier alpha value is -2.36. The molecule has 0 aliphatic heterocycles. The average molecular weight is 243 g/mol. The van der Waals surface area contributed by atoms with Crippen LogP contribution in [0.3, 0.4) is 0 Å². The number of benzene rings is 2. The highest BCUT2D eigenvalue weighted by Gasteiger charge is 2.14. The summed E-state index contributed by atoms with van der Waals surface area (Å²) >= 11 is 0. The average Bonchev–Trinajstić information content (AvgIpc) is 2.38. The van der Waals surface area contributed by atoms with Gasteiger partial charge >= 0.3 is 0 Å². The summed E-state index contributed by atoms with van der Waals surface area (Å²) in [6.07, 6.45) is 0. The molecule has 0 radical (unpaired) electrons. The molecule has 2 aromatic carbocycles. The summed E-state index contributed by atoms with van der Waals surface area (Å²) in [4.78, 5) is 10.6. The third kappa shape index (κ3) is 2.32. The number of nitro groups is 1. The number of ether oxygens (including phenoxy) is 1. The Morgan fingerprint density at radius 1 is 1.11 bits per heavy atom. The summed E-state index contributed by atoms with van der Waals surface area (Å²) in [7, 11) is 1.59. The van der Waals surface area contributed by atoms with Gasteiger partial charge in [-0.3, -0.25) is 10.1 Å². The van der Waals surface area contributed by atoms with Gasteiger partial charge in [-0.1, -0.05) is 23.8 Å². The Kier molecular flexibility index (Phi) is 3.28. The summed E-state index contributed by atoms with van der Waals surface area (Å²) in [5, 5.41) is 11.0. The third-order valence-electron chi connectivity index (χ3n) is 2.75. The molecule has 2 rings (SSSR count). The van der Waals surface area contributed by atoms with E-state index in [1.807, 2.05) is 25.1 Å². The molecule has 0 spiro atoms. The fourth-order valence-corrected chi connectivity index (χ4v) is 1.81. The number of hydrogen-bond donors (Lipinski definition) is 0. The van der Waals surface area contributed by atoms with Gasteiger partial charge in [0.05, 0.1) is 17.6 Å². The third-order valence-corrected chi connectivity index (χ3v) is 2.75. The lowest BCUT2D eigenvalue weighted by Gasteiger charge is -2.06. The molecular weight excluding hydrogens is 230 g/mol. The van der Waals surface area contributed by atoms with Crippen LogP contribution in [0.1, 0.15) is 5.56 Å². The monoisotopic (exact) mass is 243 g/mol. The standard InChI is InChI=1S/C14H13NO3/c1-10-3-8-14(15(16)17)13(9-10)11-4-6-12(18-2)7-5-11/h3-9H,1-2H3.